The fraction of sp³-hybridized carbons (Fsp3) is 0.750. The molecule has 1 aromatic rings. The lowest BCUT2D eigenvalue weighted by molar-refractivity contribution is -0.168. The molecular weight excluding hydrogens is 296 g/mol. The van der Waals surface area contributed by atoms with E-state index in [0.717, 1.165) is 17.8 Å². The molecule has 20 heavy (non-hydrogen) atoms. The van der Waals surface area contributed by atoms with Crippen molar-refractivity contribution in [3.05, 3.63) is 16.1 Å². The van der Waals surface area contributed by atoms with Gasteiger partial charge in [-0.1, -0.05) is 6.92 Å². The Morgan fingerprint density at radius 2 is 2.15 bits per heavy atom. The van der Waals surface area contributed by atoms with Crippen LogP contribution in [-0.4, -0.2) is 30.5 Å². The Balaban J connectivity index is 2.41. The quantitative estimate of drug-likeness (QED) is 0.707. The summed E-state index contributed by atoms with van der Waals surface area (Å²) in [6.07, 6.45) is -1.07. The average molecular weight is 314 g/mol. The lowest BCUT2D eigenvalue weighted by Gasteiger charge is -2.14. The van der Waals surface area contributed by atoms with Crippen LogP contribution in [0.3, 0.4) is 0 Å². The summed E-state index contributed by atoms with van der Waals surface area (Å²) in [6, 6.07) is 0.115. The zero-order valence-corrected chi connectivity index (χ0v) is 12.2. The highest BCUT2D eigenvalue weighted by molar-refractivity contribution is 7.11. The monoisotopic (exact) mass is 314 g/mol. The van der Waals surface area contributed by atoms with Gasteiger partial charge in [-0.2, -0.15) is 8.78 Å². The molecule has 8 heteroatoms. The molecule has 0 radical (unpaired) electrons. The number of halogens is 4. The van der Waals surface area contributed by atoms with Crippen LogP contribution in [0.5, 0.6) is 0 Å². The Bertz CT molecular complexity index is 401. The number of aromatic nitrogens is 1. The largest absolute Gasteiger partial charge is 0.368 e. The second-order valence-electron chi connectivity index (χ2n) is 4.39. The summed E-state index contributed by atoms with van der Waals surface area (Å²) >= 11 is 1.32. The molecule has 0 aliphatic heterocycles. The zero-order chi connectivity index (χ0) is 15.2. The Morgan fingerprint density at radius 3 is 2.75 bits per heavy atom. The Morgan fingerprint density at radius 1 is 1.45 bits per heavy atom. The van der Waals surface area contributed by atoms with E-state index < -0.39 is 19.0 Å². The van der Waals surface area contributed by atoms with Crippen LogP contribution in [0.1, 0.15) is 36.2 Å². The van der Waals surface area contributed by atoms with Crippen molar-refractivity contribution in [3.63, 3.8) is 0 Å². The molecule has 1 atom stereocenters. The lowest BCUT2D eigenvalue weighted by atomic mass is 10.3. The van der Waals surface area contributed by atoms with E-state index in [1.54, 1.807) is 6.20 Å². The number of hydrogen-bond acceptors (Lipinski definition) is 4. The number of hydrogen-bond donors (Lipinski definition) is 1. The molecule has 0 bridgehead atoms. The van der Waals surface area contributed by atoms with Crippen molar-refractivity contribution in [1.29, 1.82) is 0 Å². The van der Waals surface area contributed by atoms with Gasteiger partial charge in [0.25, 0.3) is 0 Å². The Kier molecular flexibility index (Phi) is 6.84. The first-order valence-corrected chi connectivity index (χ1v) is 7.10. The molecule has 0 aliphatic rings. The number of alkyl halides is 4. The maximum Gasteiger partial charge on any atom is 0.330 e. The molecule has 0 aromatic carbocycles. The van der Waals surface area contributed by atoms with E-state index in [1.165, 1.54) is 11.3 Å². The van der Waals surface area contributed by atoms with Crippen molar-refractivity contribution in [2.45, 2.75) is 45.3 Å². The van der Waals surface area contributed by atoms with Crippen molar-refractivity contribution >= 4 is 11.3 Å². The predicted octanol–water partition coefficient (Wildman–Crippen LogP) is 3.62. The van der Waals surface area contributed by atoms with Gasteiger partial charge < -0.3 is 10.1 Å². The fourth-order valence-corrected chi connectivity index (χ4v) is 2.28. The van der Waals surface area contributed by atoms with E-state index in [9.17, 15) is 17.6 Å². The molecular formula is C12H18F4N2OS. The van der Waals surface area contributed by atoms with Crippen LogP contribution in [-0.2, 0) is 11.3 Å². The van der Waals surface area contributed by atoms with E-state index in [2.05, 4.69) is 22.0 Å². The van der Waals surface area contributed by atoms with Crippen LogP contribution >= 0.6 is 11.3 Å². The first kappa shape index (κ1) is 17.3. The van der Waals surface area contributed by atoms with E-state index in [-0.39, 0.29) is 12.6 Å². The molecule has 1 rings (SSSR count). The first-order valence-electron chi connectivity index (χ1n) is 6.28. The van der Waals surface area contributed by atoms with E-state index >= 15 is 0 Å². The first-order chi connectivity index (χ1) is 9.36. The normalized spacial score (nSPS) is 13.9. The summed E-state index contributed by atoms with van der Waals surface area (Å²) in [5.74, 6) is -4.12. The second kappa shape index (κ2) is 7.90. The molecule has 0 amide bonds. The van der Waals surface area contributed by atoms with Gasteiger partial charge in [-0.05, 0) is 19.9 Å². The lowest BCUT2D eigenvalue weighted by Crippen LogP contribution is -2.32. The van der Waals surface area contributed by atoms with Gasteiger partial charge in [-0.25, -0.2) is 13.8 Å². The van der Waals surface area contributed by atoms with Gasteiger partial charge in [-0.3, -0.25) is 0 Å². The van der Waals surface area contributed by atoms with Gasteiger partial charge in [0.2, 0.25) is 0 Å². The molecule has 0 spiro atoms. The summed E-state index contributed by atoms with van der Waals surface area (Å²) < 4.78 is 53.7. The summed E-state index contributed by atoms with van der Waals surface area (Å²) in [5.41, 5.74) is 0. The molecule has 0 fully saturated rings. The molecule has 1 heterocycles. The number of nitrogens with zero attached hydrogens (tertiary/aromatic N) is 1. The third kappa shape index (κ3) is 5.34. The minimum absolute atomic E-state index is 0.115. The van der Waals surface area contributed by atoms with Gasteiger partial charge in [0, 0.05) is 17.1 Å². The minimum atomic E-state index is -4.12. The van der Waals surface area contributed by atoms with Crippen LogP contribution in [0.25, 0.3) is 0 Å². The second-order valence-corrected chi connectivity index (χ2v) is 5.53. The van der Waals surface area contributed by atoms with Crippen LogP contribution < -0.4 is 5.32 Å². The SMILES string of the molecule is CCCNC(C)c1cnc(COCC(F)(F)C(F)F)s1. The van der Waals surface area contributed by atoms with Crippen molar-refractivity contribution < 1.29 is 22.3 Å². The molecule has 1 aromatic heterocycles. The molecule has 1 N–H and O–H groups in total. The number of rotatable bonds is 9. The molecule has 1 unspecified atom stereocenters. The topological polar surface area (TPSA) is 34.2 Å². The Hall–Kier alpha value is -0.730. The summed E-state index contributed by atoms with van der Waals surface area (Å²) in [4.78, 5) is 4.99. The maximum atomic E-state index is 12.6. The van der Waals surface area contributed by atoms with Crippen LogP contribution in [0.15, 0.2) is 6.20 Å². The van der Waals surface area contributed by atoms with Crippen LogP contribution in [0.2, 0.25) is 0 Å². The number of nitrogens with one attached hydrogen (secondary N) is 1. The number of ether oxygens (including phenoxy) is 1. The highest BCUT2D eigenvalue weighted by atomic mass is 32.1. The highest BCUT2D eigenvalue weighted by Crippen LogP contribution is 2.25. The summed E-state index contributed by atoms with van der Waals surface area (Å²) in [7, 11) is 0. The van der Waals surface area contributed by atoms with Gasteiger partial charge in [0.05, 0.1) is 6.61 Å². The van der Waals surface area contributed by atoms with E-state index in [0.29, 0.717) is 5.01 Å². The van der Waals surface area contributed by atoms with Crippen molar-refractivity contribution in [1.82, 2.24) is 10.3 Å². The molecule has 3 nitrogen and oxygen atoms in total. The van der Waals surface area contributed by atoms with Gasteiger partial charge >= 0.3 is 12.3 Å². The smallest absolute Gasteiger partial charge is 0.330 e. The molecule has 116 valence electrons. The molecule has 0 saturated carbocycles. The zero-order valence-electron chi connectivity index (χ0n) is 11.3. The summed E-state index contributed by atoms with van der Waals surface area (Å²) in [5, 5.41) is 3.76. The number of thiazole rings is 1. The fourth-order valence-electron chi connectivity index (χ4n) is 1.39. The van der Waals surface area contributed by atoms with Gasteiger partial charge in [-0.15, -0.1) is 11.3 Å². The highest BCUT2D eigenvalue weighted by Gasteiger charge is 2.40. The summed E-state index contributed by atoms with van der Waals surface area (Å²) in [6.45, 7) is 3.40. The van der Waals surface area contributed by atoms with Crippen molar-refractivity contribution in [2.75, 3.05) is 13.2 Å². The maximum absolute atomic E-state index is 12.6. The van der Waals surface area contributed by atoms with E-state index in [4.69, 9.17) is 0 Å². The standard InChI is InChI=1S/C12H18F4N2OS/c1-3-4-17-8(2)9-5-18-10(20-9)6-19-7-12(15,16)11(13)14/h5,8,11,17H,3-4,6-7H2,1-2H3. The van der Waals surface area contributed by atoms with Crippen LogP contribution in [0, 0.1) is 0 Å². The third-order valence-electron chi connectivity index (χ3n) is 2.54. The minimum Gasteiger partial charge on any atom is -0.368 e. The van der Waals surface area contributed by atoms with Crippen molar-refractivity contribution in [2.24, 2.45) is 0 Å². The van der Waals surface area contributed by atoms with Gasteiger partial charge in [0.1, 0.15) is 11.6 Å². The molecule has 0 saturated heterocycles. The van der Waals surface area contributed by atoms with Crippen LogP contribution in [0.4, 0.5) is 17.6 Å². The van der Waals surface area contributed by atoms with Crippen molar-refractivity contribution in [3.8, 4) is 0 Å². The van der Waals surface area contributed by atoms with Gasteiger partial charge in [0.15, 0.2) is 0 Å². The molecule has 0 aliphatic carbocycles. The predicted molar refractivity (Wildman–Crippen MR) is 69.4 cm³/mol. The third-order valence-corrected chi connectivity index (χ3v) is 3.69. The Labute approximate surface area is 119 Å². The average Bonchev–Trinajstić information content (AvgIpc) is 2.84. The van der Waals surface area contributed by atoms with E-state index in [1.807, 2.05) is 6.92 Å².